The van der Waals surface area contributed by atoms with Crippen molar-refractivity contribution in [2.75, 3.05) is 16.8 Å². The quantitative estimate of drug-likeness (QED) is 0.916. The molecule has 1 saturated heterocycles. The first-order valence-corrected chi connectivity index (χ1v) is 8.43. The van der Waals surface area contributed by atoms with Crippen LogP contribution in [0.3, 0.4) is 0 Å². The van der Waals surface area contributed by atoms with E-state index < -0.39 is 0 Å². The van der Waals surface area contributed by atoms with Crippen molar-refractivity contribution in [3.8, 4) is 0 Å². The van der Waals surface area contributed by atoms with Crippen molar-refractivity contribution in [1.29, 1.82) is 0 Å². The van der Waals surface area contributed by atoms with Crippen molar-refractivity contribution in [3.63, 3.8) is 0 Å². The lowest BCUT2D eigenvalue weighted by Gasteiger charge is -2.35. The normalized spacial score (nSPS) is 17.8. The Kier molecular flexibility index (Phi) is 4.96. The molecule has 3 rings (SSSR count). The zero-order valence-corrected chi connectivity index (χ0v) is 13.7. The van der Waals surface area contributed by atoms with Crippen LogP contribution in [0.25, 0.3) is 0 Å². The largest absolute Gasteiger partial charge is 0.369 e. The summed E-state index contributed by atoms with van der Waals surface area (Å²) in [5.74, 6) is 0.0234. The van der Waals surface area contributed by atoms with Crippen LogP contribution in [0.1, 0.15) is 31.7 Å². The Morgan fingerprint density at radius 1 is 1.09 bits per heavy atom. The topological polar surface area (TPSA) is 32.3 Å². The standard InChI is InChI=1S/C20H24N2O/c1-16-7-5-6-14-22(16)19-12-10-18(11-13-19)21-20(23)15-17-8-3-2-4-9-17/h2-4,8-13,16H,5-7,14-15H2,1H3,(H,21,23)/t16-/m0/s1. The Morgan fingerprint density at radius 3 is 2.52 bits per heavy atom. The van der Waals surface area contributed by atoms with E-state index in [0.29, 0.717) is 12.5 Å². The zero-order chi connectivity index (χ0) is 16.1. The third kappa shape index (κ3) is 4.13. The Labute approximate surface area is 138 Å². The van der Waals surface area contributed by atoms with Gasteiger partial charge in [0.25, 0.3) is 0 Å². The molecule has 0 aliphatic carbocycles. The van der Waals surface area contributed by atoms with Gasteiger partial charge in [-0.3, -0.25) is 4.79 Å². The second-order valence-electron chi connectivity index (χ2n) is 6.30. The Morgan fingerprint density at radius 2 is 1.83 bits per heavy atom. The minimum absolute atomic E-state index is 0.0234. The van der Waals surface area contributed by atoms with Gasteiger partial charge in [0, 0.05) is 24.0 Å². The van der Waals surface area contributed by atoms with E-state index in [0.717, 1.165) is 17.8 Å². The summed E-state index contributed by atoms with van der Waals surface area (Å²) in [5.41, 5.74) is 3.14. The predicted molar refractivity (Wildman–Crippen MR) is 95.9 cm³/mol. The molecule has 0 saturated carbocycles. The number of anilines is 2. The van der Waals surface area contributed by atoms with Crippen LogP contribution in [0, 0.1) is 0 Å². The van der Waals surface area contributed by atoms with Crippen molar-refractivity contribution < 1.29 is 4.79 Å². The van der Waals surface area contributed by atoms with Crippen molar-refractivity contribution in [2.24, 2.45) is 0 Å². The molecule has 1 fully saturated rings. The molecule has 1 atom stereocenters. The summed E-state index contributed by atoms with van der Waals surface area (Å²) < 4.78 is 0. The number of hydrogen-bond donors (Lipinski definition) is 1. The lowest BCUT2D eigenvalue weighted by Crippen LogP contribution is -2.37. The number of rotatable bonds is 4. The summed E-state index contributed by atoms with van der Waals surface area (Å²) in [6.07, 6.45) is 4.26. The lowest BCUT2D eigenvalue weighted by molar-refractivity contribution is -0.115. The highest BCUT2D eigenvalue weighted by molar-refractivity contribution is 5.92. The van der Waals surface area contributed by atoms with Gasteiger partial charge in [-0.1, -0.05) is 30.3 Å². The number of carbonyl (C=O) groups is 1. The van der Waals surface area contributed by atoms with Gasteiger partial charge in [-0.05, 0) is 56.0 Å². The van der Waals surface area contributed by atoms with Gasteiger partial charge < -0.3 is 10.2 Å². The number of nitrogens with zero attached hydrogens (tertiary/aromatic N) is 1. The van der Waals surface area contributed by atoms with E-state index >= 15 is 0 Å². The molecule has 1 heterocycles. The summed E-state index contributed by atoms with van der Waals surface area (Å²) in [6.45, 7) is 3.41. The van der Waals surface area contributed by atoms with Crippen molar-refractivity contribution in [3.05, 3.63) is 60.2 Å². The molecule has 0 radical (unpaired) electrons. The van der Waals surface area contributed by atoms with E-state index in [9.17, 15) is 4.79 Å². The molecular formula is C20H24N2O. The summed E-state index contributed by atoms with van der Waals surface area (Å²) in [7, 11) is 0. The van der Waals surface area contributed by atoms with Crippen LogP contribution in [-0.2, 0) is 11.2 Å². The van der Waals surface area contributed by atoms with E-state index in [1.807, 2.05) is 42.5 Å². The highest BCUT2D eigenvalue weighted by Gasteiger charge is 2.18. The highest BCUT2D eigenvalue weighted by Crippen LogP contribution is 2.25. The fraction of sp³-hybridized carbons (Fsp3) is 0.350. The monoisotopic (exact) mass is 308 g/mol. The van der Waals surface area contributed by atoms with Crippen LogP contribution in [0.5, 0.6) is 0 Å². The first-order valence-electron chi connectivity index (χ1n) is 8.43. The molecule has 0 bridgehead atoms. The van der Waals surface area contributed by atoms with Crippen LogP contribution >= 0.6 is 0 Å². The van der Waals surface area contributed by atoms with Crippen LogP contribution in [0.2, 0.25) is 0 Å². The smallest absolute Gasteiger partial charge is 0.228 e. The molecule has 1 aliphatic heterocycles. The minimum atomic E-state index is 0.0234. The molecule has 3 heteroatoms. The first kappa shape index (κ1) is 15.6. The SMILES string of the molecule is C[C@H]1CCCCN1c1ccc(NC(=O)Cc2ccccc2)cc1. The second-order valence-corrected chi connectivity index (χ2v) is 6.30. The molecular weight excluding hydrogens is 284 g/mol. The summed E-state index contributed by atoms with van der Waals surface area (Å²) >= 11 is 0. The first-order chi connectivity index (χ1) is 11.2. The van der Waals surface area contributed by atoms with Crippen LogP contribution in [0.15, 0.2) is 54.6 Å². The Hall–Kier alpha value is -2.29. The molecule has 2 aromatic rings. The van der Waals surface area contributed by atoms with E-state index in [4.69, 9.17) is 0 Å². The van der Waals surface area contributed by atoms with Crippen LogP contribution in [-0.4, -0.2) is 18.5 Å². The van der Waals surface area contributed by atoms with Crippen LogP contribution in [0.4, 0.5) is 11.4 Å². The highest BCUT2D eigenvalue weighted by atomic mass is 16.1. The third-order valence-electron chi connectivity index (χ3n) is 4.49. The van der Waals surface area contributed by atoms with Gasteiger partial charge in [-0.15, -0.1) is 0 Å². The summed E-state index contributed by atoms with van der Waals surface area (Å²) in [5, 5.41) is 2.97. The predicted octanol–water partition coefficient (Wildman–Crippen LogP) is 4.25. The molecule has 1 amide bonds. The van der Waals surface area contributed by atoms with Gasteiger partial charge in [0.1, 0.15) is 0 Å². The summed E-state index contributed by atoms with van der Waals surface area (Å²) in [6, 6.07) is 18.6. The van der Waals surface area contributed by atoms with Crippen molar-refractivity contribution >= 4 is 17.3 Å². The van der Waals surface area contributed by atoms with E-state index in [2.05, 4.69) is 29.3 Å². The number of hydrogen-bond acceptors (Lipinski definition) is 2. The van der Waals surface area contributed by atoms with Crippen LogP contribution < -0.4 is 10.2 Å². The second kappa shape index (κ2) is 7.32. The Balaban J connectivity index is 1.60. The average molecular weight is 308 g/mol. The van der Waals surface area contributed by atoms with Crippen molar-refractivity contribution in [2.45, 2.75) is 38.6 Å². The summed E-state index contributed by atoms with van der Waals surface area (Å²) in [4.78, 5) is 14.6. The minimum Gasteiger partial charge on any atom is -0.369 e. The van der Waals surface area contributed by atoms with Gasteiger partial charge >= 0.3 is 0 Å². The van der Waals surface area contributed by atoms with Crippen molar-refractivity contribution in [1.82, 2.24) is 0 Å². The maximum Gasteiger partial charge on any atom is 0.228 e. The van der Waals surface area contributed by atoms with E-state index in [1.165, 1.54) is 24.9 Å². The Bertz CT molecular complexity index is 636. The third-order valence-corrected chi connectivity index (χ3v) is 4.49. The molecule has 1 N–H and O–H groups in total. The zero-order valence-electron chi connectivity index (χ0n) is 13.7. The number of amides is 1. The molecule has 23 heavy (non-hydrogen) atoms. The molecule has 0 spiro atoms. The van der Waals surface area contributed by atoms with Gasteiger partial charge in [-0.2, -0.15) is 0 Å². The fourth-order valence-electron chi connectivity index (χ4n) is 3.20. The van der Waals surface area contributed by atoms with Gasteiger partial charge in [0.05, 0.1) is 6.42 Å². The maximum absolute atomic E-state index is 12.1. The molecule has 120 valence electrons. The van der Waals surface area contributed by atoms with E-state index in [1.54, 1.807) is 0 Å². The molecule has 1 aliphatic rings. The number of piperidine rings is 1. The molecule has 2 aromatic carbocycles. The van der Waals surface area contributed by atoms with E-state index in [-0.39, 0.29) is 5.91 Å². The number of carbonyl (C=O) groups excluding carboxylic acids is 1. The molecule has 3 nitrogen and oxygen atoms in total. The lowest BCUT2D eigenvalue weighted by atomic mass is 10.0. The maximum atomic E-state index is 12.1. The number of benzene rings is 2. The number of nitrogens with one attached hydrogen (secondary N) is 1. The molecule has 0 aromatic heterocycles. The average Bonchev–Trinajstić information content (AvgIpc) is 2.57. The van der Waals surface area contributed by atoms with Gasteiger partial charge in [0.2, 0.25) is 5.91 Å². The van der Waals surface area contributed by atoms with Gasteiger partial charge in [-0.25, -0.2) is 0 Å². The fourth-order valence-corrected chi connectivity index (χ4v) is 3.20. The molecule has 0 unspecified atom stereocenters. The van der Waals surface area contributed by atoms with Gasteiger partial charge in [0.15, 0.2) is 0 Å².